The number of furan rings is 1. The standard InChI is InChI=1S/C17H19F2N3O3/c1-2-22(10-15(23)20-9-12-5-4-8-25-12)11-16(24)21-17-13(18)6-3-7-14(17)19/h3-8H,2,9-11H2,1H3,(H,20,23)(H,21,24). The van der Waals surface area contributed by atoms with Crippen LogP contribution in [0, 0.1) is 11.6 Å². The third kappa shape index (κ3) is 5.68. The van der Waals surface area contributed by atoms with Crippen molar-refractivity contribution in [2.45, 2.75) is 13.5 Å². The Balaban J connectivity index is 1.83. The highest BCUT2D eigenvalue weighted by Gasteiger charge is 2.16. The van der Waals surface area contributed by atoms with Gasteiger partial charge in [0.2, 0.25) is 11.8 Å². The van der Waals surface area contributed by atoms with E-state index in [-0.39, 0.29) is 25.5 Å². The van der Waals surface area contributed by atoms with E-state index in [9.17, 15) is 18.4 Å². The van der Waals surface area contributed by atoms with Crippen molar-refractivity contribution in [3.63, 3.8) is 0 Å². The van der Waals surface area contributed by atoms with Gasteiger partial charge in [0.1, 0.15) is 23.1 Å². The lowest BCUT2D eigenvalue weighted by Crippen LogP contribution is -2.41. The molecular weight excluding hydrogens is 332 g/mol. The second-order valence-corrected chi connectivity index (χ2v) is 5.30. The molecule has 6 nitrogen and oxygen atoms in total. The number of anilines is 1. The first-order valence-electron chi connectivity index (χ1n) is 7.75. The molecule has 0 aliphatic heterocycles. The normalized spacial score (nSPS) is 10.7. The number of carbonyl (C=O) groups is 2. The number of hydrogen-bond acceptors (Lipinski definition) is 4. The van der Waals surface area contributed by atoms with Gasteiger partial charge in [-0.15, -0.1) is 0 Å². The average molecular weight is 351 g/mol. The zero-order valence-corrected chi connectivity index (χ0v) is 13.7. The smallest absolute Gasteiger partial charge is 0.238 e. The van der Waals surface area contributed by atoms with Gasteiger partial charge in [-0.05, 0) is 30.8 Å². The van der Waals surface area contributed by atoms with Crippen molar-refractivity contribution >= 4 is 17.5 Å². The summed E-state index contributed by atoms with van der Waals surface area (Å²) in [5, 5.41) is 4.86. The molecule has 0 bridgehead atoms. The number of carbonyl (C=O) groups excluding carboxylic acids is 2. The van der Waals surface area contributed by atoms with Gasteiger partial charge < -0.3 is 15.1 Å². The molecule has 0 radical (unpaired) electrons. The second-order valence-electron chi connectivity index (χ2n) is 5.30. The molecule has 1 aromatic carbocycles. The van der Waals surface area contributed by atoms with Crippen LogP contribution in [0.2, 0.25) is 0 Å². The first kappa shape index (κ1) is 18.6. The molecule has 0 fully saturated rings. The van der Waals surface area contributed by atoms with E-state index >= 15 is 0 Å². The van der Waals surface area contributed by atoms with Crippen molar-refractivity contribution in [1.29, 1.82) is 0 Å². The van der Waals surface area contributed by atoms with E-state index < -0.39 is 23.2 Å². The zero-order chi connectivity index (χ0) is 18.2. The number of halogens is 2. The summed E-state index contributed by atoms with van der Waals surface area (Å²) in [5.41, 5.74) is -0.495. The van der Waals surface area contributed by atoms with Crippen LogP contribution in [0.1, 0.15) is 12.7 Å². The lowest BCUT2D eigenvalue weighted by Gasteiger charge is -2.19. The Morgan fingerprint density at radius 1 is 1.08 bits per heavy atom. The molecule has 1 aromatic heterocycles. The maximum absolute atomic E-state index is 13.5. The number of benzene rings is 1. The fourth-order valence-corrected chi connectivity index (χ4v) is 2.14. The Bertz CT molecular complexity index is 700. The van der Waals surface area contributed by atoms with Gasteiger partial charge >= 0.3 is 0 Å². The highest BCUT2D eigenvalue weighted by molar-refractivity contribution is 5.92. The van der Waals surface area contributed by atoms with Gasteiger partial charge in [0.25, 0.3) is 0 Å². The summed E-state index contributed by atoms with van der Waals surface area (Å²) in [7, 11) is 0. The summed E-state index contributed by atoms with van der Waals surface area (Å²) in [6, 6.07) is 6.76. The summed E-state index contributed by atoms with van der Waals surface area (Å²) in [4.78, 5) is 25.4. The van der Waals surface area contributed by atoms with Gasteiger partial charge in [0.15, 0.2) is 0 Å². The van der Waals surface area contributed by atoms with Crippen LogP contribution in [0.15, 0.2) is 41.0 Å². The summed E-state index contributed by atoms with van der Waals surface area (Å²) in [5.74, 6) is -1.99. The van der Waals surface area contributed by atoms with E-state index in [1.165, 1.54) is 12.3 Å². The third-order valence-electron chi connectivity index (χ3n) is 3.45. The summed E-state index contributed by atoms with van der Waals surface area (Å²) >= 11 is 0. The molecule has 8 heteroatoms. The van der Waals surface area contributed by atoms with E-state index in [0.29, 0.717) is 12.3 Å². The Morgan fingerprint density at radius 2 is 1.76 bits per heavy atom. The van der Waals surface area contributed by atoms with Crippen LogP contribution < -0.4 is 10.6 Å². The van der Waals surface area contributed by atoms with Gasteiger partial charge in [0, 0.05) is 0 Å². The minimum absolute atomic E-state index is 0.0234. The van der Waals surface area contributed by atoms with Crippen LogP contribution in [0.3, 0.4) is 0 Å². The molecule has 2 amide bonds. The largest absolute Gasteiger partial charge is 0.467 e. The SMILES string of the molecule is CCN(CC(=O)NCc1ccco1)CC(=O)Nc1c(F)cccc1F. The monoisotopic (exact) mass is 351 g/mol. The van der Waals surface area contributed by atoms with Crippen molar-refractivity contribution < 1.29 is 22.8 Å². The minimum atomic E-state index is -0.854. The van der Waals surface area contributed by atoms with Crippen LogP contribution in [-0.2, 0) is 16.1 Å². The first-order chi connectivity index (χ1) is 12.0. The number of hydrogen-bond donors (Lipinski definition) is 2. The van der Waals surface area contributed by atoms with Gasteiger partial charge in [-0.25, -0.2) is 8.78 Å². The third-order valence-corrected chi connectivity index (χ3v) is 3.45. The molecule has 2 aromatic rings. The number of amides is 2. The maximum atomic E-state index is 13.5. The lowest BCUT2D eigenvalue weighted by atomic mass is 10.3. The molecule has 25 heavy (non-hydrogen) atoms. The van der Waals surface area contributed by atoms with Crippen LogP contribution >= 0.6 is 0 Å². The molecule has 0 spiro atoms. The topological polar surface area (TPSA) is 74.6 Å². The number of nitrogens with one attached hydrogen (secondary N) is 2. The number of nitrogens with zero attached hydrogens (tertiary/aromatic N) is 1. The van der Waals surface area contributed by atoms with Crippen molar-refractivity contribution in [3.8, 4) is 0 Å². The van der Waals surface area contributed by atoms with Crippen molar-refractivity contribution in [2.24, 2.45) is 0 Å². The van der Waals surface area contributed by atoms with E-state index in [1.54, 1.807) is 24.0 Å². The highest BCUT2D eigenvalue weighted by atomic mass is 19.1. The van der Waals surface area contributed by atoms with E-state index in [4.69, 9.17) is 4.42 Å². The predicted octanol–water partition coefficient (Wildman–Crippen LogP) is 2.13. The molecule has 0 aliphatic rings. The van der Waals surface area contributed by atoms with Gasteiger partial charge in [-0.3, -0.25) is 14.5 Å². The number of rotatable bonds is 8. The van der Waals surface area contributed by atoms with Crippen molar-refractivity contribution in [2.75, 3.05) is 25.0 Å². The van der Waals surface area contributed by atoms with E-state index in [2.05, 4.69) is 10.6 Å². The van der Waals surface area contributed by atoms with Crippen LogP contribution in [0.4, 0.5) is 14.5 Å². The molecular formula is C17H19F2N3O3. The number of likely N-dealkylation sites (N-methyl/N-ethyl adjacent to an activating group) is 1. The van der Waals surface area contributed by atoms with Crippen molar-refractivity contribution in [1.82, 2.24) is 10.2 Å². The van der Waals surface area contributed by atoms with Crippen LogP contribution in [-0.4, -0.2) is 36.3 Å². The van der Waals surface area contributed by atoms with Crippen LogP contribution in [0.25, 0.3) is 0 Å². The average Bonchev–Trinajstić information content (AvgIpc) is 3.09. The fourth-order valence-electron chi connectivity index (χ4n) is 2.14. The van der Waals surface area contributed by atoms with Gasteiger partial charge in [0.05, 0.1) is 25.9 Å². The zero-order valence-electron chi connectivity index (χ0n) is 13.7. The van der Waals surface area contributed by atoms with E-state index in [0.717, 1.165) is 12.1 Å². The molecule has 0 atom stereocenters. The molecule has 0 saturated carbocycles. The minimum Gasteiger partial charge on any atom is -0.467 e. The van der Waals surface area contributed by atoms with Crippen LogP contribution in [0.5, 0.6) is 0 Å². The molecule has 0 unspecified atom stereocenters. The number of para-hydroxylation sites is 1. The maximum Gasteiger partial charge on any atom is 0.238 e. The first-order valence-corrected chi connectivity index (χ1v) is 7.75. The second kappa shape index (κ2) is 8.93. The van der Waals surface area contributed by atoms with Gasteiger partial charge in [-0.1, -0.05) is 13.0 Å². The molecule has 1 heterocycles. The Morgan fingerprint density at radius 3 is 2.36 bits per heavy atom. The van der Waals surface area contributed by atoms with Gasteiger partial charge in [-0.2, -0.15) is 0 Å². The molecule has 0 aliphatic carbocycles. The molecule has 2 N–H and O–H groups in total. The highest BCUT2D eigenvalue weighted by Crippen LogP contribution is 2.17. The molecule has 134 valence electrons. The summed E-state index contributed by atoms with van der Waals surface area (Å²) in [6.07, 6.45) is 1.51. The summed E-state index contributed by atoms with van der Waals surface area (Å²) < 4.78 is 32.2. The van der Waals surface area contributed by atoms with Crippen molar-refractivity contribution in [3.05, 3.63) is 54.0 Å². The fraction of sp³-hybridized carbons (Fsp3) is 0.294. The lowest BCUT2D eigenvalue weighted by molar-refractivity contribution is -0.123. The Labute approximate surface area is 143 Å². The molecule has 2 rings (SSSR count). The Hall–Kier alpha value is -2.74. The van der Waals surface area contributed by atoms with E-state index in [1.807, 2.05) is 0 Å². The summed E-state index contributed by atoms with van der Waals surface area (Å²) in [6.45, 7) is 2.25. The quantitative estimate of drug-likeness (QED) is 0.764. The predicted molar refractivity (Wildman–Crippen MR) is 87.7 cm³/mol. The Kier molecular flexibility index (Phi) is 6.64. The molecule has 0 saturated heterocycles.